The maximum atomic E-state index is 13.2. The fourth-order valence-electron chi connectivity index (χ4n) is 2.56. The predicted molar refractivity (Wildman–Crippen MR) is 96.3 cm³/mol. The molecule has 0 radical (unpaired) electrons. The van der Waals surface area contributed by atoms with Gasteiger partial charge in [-0.2, -0.15) is 18.3 Å². The first-order valence-electron chi connectivity index (χ1n) is 8.16. The van der Waals surface area contributed by atoms with Crippen molar-refractivity contribution >= 4 is 10.0 Å². The van der Waals surface area contributed by atoms with Crippen LogP contribution in [0, 0.1) is 0 Å². The normalized spacial score (nSPS) is 12.3. The van der Waals surface area contributed by atoms with Crippen molar-refractivity contribution in [2.75, 3.05) is 13.2 Å². The van der Waals surface area contributed by atoms with Gasteiger partial charge in [0, 0.05) is 12.1 Å². The van der Waals surface area contributed by atoms with Crippen LogP contribution in [0.25, 0.3) is 16.9 Å². The molecule has 1 heterocycles. The van der Waals surface area contributed by atoms with E-state index in [4.69, 9.17) is 5.11 Å². The number of nitrogens with one attached hydrogen (secondary N) is 1. The summed E-state index contributed by atoms with van der Waals surface area (Å²) in [5.41, 5.74) is -0.0168. The van der Waals surface area contributed by atoms with Gasteiger partial charge in [0.05, 0.1) is 22.9 Å². The summed E-state index contributed by atoms with van der Waals surface area (Å²) in [6, 6.07) is 14.7. The molecule has 0 bridgehead atoms. The van der Waals surface area contributed by atoms with E-state index in [2.05, 4.69) is 9.82 Å². The number of rotatable bonds is 6. The molecule has 0 amide bonds. The summed E-state index contributed by atoms with van der Waals surface area (Å²) in [5.74, 6) is 0. The van der Waals surface area contributed by atoms with Gasteiger partial charge >= 0.3 is 6.18 Å². The highest BCUT2D eigenvalue weighted by molar-refractivity contribution is 7.89. The van der Waals surface area contributed by atoms with E-state index in [1.54, 1.807) is 30.3 Å². The van der Waals surface area contributed by atoms with Crippen LogP contribution in [-0.2, 0) is 16.2 Å². The SMILES string of the molecule is O=S(=O)(NCCO)c1ccc(-n2nc(C(F)(F)F)cc2-c2ccccc2)cc1. The Morgan fingerprint density at radius 1 is 1.04 bits per heavy atom. The Bertz CT molecular complexity index is 1050. The predicted octanol–water partition coefficient (Wildman–Crippen LogP) is 2.83. The van der Waals surface area contributed by atoms with Crippen LogP contribution >= 0.6 is 0 Å². The lowest BCUT2D eigenvalue weighted by Crippen LogP contribution is -2.26. The van der Waals surface area contributed by atoms with Crippen LogP contribution in [0.2, 0.25) is 0 Å². The first-order valence-corrected chi connectivity index (χ1v) is 9.64. The molecule has 148 valence electrons. The molecule has 0 aliphatic rings. The first-order chi connectivity index (χ1) is 13.2. The van der Waals surface area contributed by atoms with Crippen LogP contribution in [-0.4, -0.2) is 36.5 Å². The van der Waals surface area contributed by atoms with Gasteiger partial charge in [-0.3, -0.25) is 0 Å². The molecule has 3 aromatic rings. The lowest BCUT2D eigenvalue weighted by molar-refractivity contribution is -0.141. The van der Waals surface area contributed by atoms with Gasteiger partial charge in [0.2, 0.25) is 10.0 Å². The van der Waals surface area contributed by atoms with Gasteiger partial charge in [-0.05, 0) is 30.3 Å². The molecule has 0 saturated heterocycles. The van der Waals surface area contributed by atoms with Gasteiger partial charge in [-0.15, -0.1) is 0 Å². The number of aromatic nitrogens is 2. The van der Waals surface area contributed by atoms with Crippen LogP contribution in [0.3, 0.4) is 0 Å². The highest BCUT2D eigenvalue weighted by Crippen LogP contribution is 2.33. The summed E-state index contributed by atoms with van der Waals surface area (Å²) in [6.45, 7) is -0.498. The maximum Gasteiger partial charge on any atom is 0.435 e. The van der Waals surface area contributed by atoms with Gasteiger partial charge < -0.3 is 5.11 Å². The zero-order valence-electron chi connectivity index (χ0n) is 14.4. The Balaban J connectivity index is 2.05. The number of sulfonamides is 1. The molecule has 1 aromatic heterocycles. The van der Waals surface area contributed by atoms with Crippen molar-refractivity contribution < 1.29 is 26.7 Å². The second-order valence-electron chi connectivity index (χ2n) is 5.81. The fraction of sp³-hybridized carbons (Fsp3) is 0.167. The highest BCUT2D eigenvalue weighted by Gasteiger charge is 2.35. The number of nitrogens with zero attached hydrogens (tertiary/aromatic N) is 2. The van der Waals surface area contributed by atoms with Crippen LogP contribution in [0.5, 0.6) is 0 Å². The number of halogens is 3. The van der Waals surface area contributed by atoms with Gasteiger partial charge in [0.15, 0.2) is 5.69 Å². The number of benzene rings is 2. The number of hydrogen-bond donors (Lipinski definition) is 2. The topological polar surface area (TPSA) is 84.2 Å². The minimum absolute atomic E-state index is 0.0748. The van der Waals surface area contributed by atoms with E-state index in [1.165, 1.54) is 24.3 Å². The van der Waals surface area contributed by atoms with Crippen molar-refractivity contribution in [1.29, 1.82) is 0 Å². The Kier molecular flexibility index (Phi) is 5.54. The van der Waals surface area contributed by atoms with Crippen LogP contribution in [0.15, 0.2) is 65.6 Å². The van der Waals surface area contributed by atoms with Crippen molar-refractivity contribution in [1.82, 2.24) is 14.5 Å². The number of aliphatic hydroxyl groups excluding tert-OH is 1. The van der Waals surface area contributed by atoms with Crippen molar-refractivity contribution in [3.05, 3.63) is 66.4 Å². The summed E-state index contributed by atoms with van der Waals surface area (Å²) >= 11 is 0. The smallest absolute Gasteiger partial charge is 0.395 e. The third kappa shape index (κ3) is 4.24. The quantitative estimate of drug-likeness (QED) is 0.653. The molecule has 2 aromatic carbocycles. The van der Waals surface area contributed by atoms with Crippen molar-refractivity contribution in [3.8, 4) is 16.9 Å². The molecule has 0 saturated carbocycles. The summed E-state index contributed by atoms with van der Waals surface area (Å²) in [6.07, 6.45) is -4.62. The molecule has 10 heteroatoms. The van der Waals surface area contributed by atoms with Gasteiger partial charge in [-0.1, -0.05) is 30.3 Å². The summed E-state index contributed by atoms with van der Waals surface area (Å²) in [7, 11) is -3.82. The fourth-order valence-corrected chi connectivity index (χ4v) is 3.58. The second kappa shape index (κ2) is 7.74. The molecule has 28 heavy (non-hydrogen) atoms. The van der Waals surface area contributed by atoms with E-state index in [0.29, 0.717) is 5.56 Å². The van der Waals surface area contributed by atoms with Crippen LogP contribution in [0.1, 0.15) is 5.69 Å². The Hall–Kier alpha value is -2.69. The van der Waals surface area contributed by atoms with Crippen molar-refractivity contribution in [2.24, 2.45) is 0 Å². The third-order valence-corrected chi connectivity index (χ3v) is 5.34. The lowest BCUT2D eigenvalue weighted by atomic mass is 10.1. The lowest BCUT2D eigenvalue weighted by Gasteiger charge is -2.09. The van der Waals surface area contributed by atoms with E-state index in [0.717, 1.165) is 10.7 Å². The van der Waals surface area contributed by atoms with E-state index in [9.17, 15) is 21.6 Å². The van der Waals surface area contributed by atoms with E-state index in [1.807, 2.05) is 0 Å². The van der Waals surface area contributed by atoms with Crippen molar-refractivity contribution in [2.45, 2.75) is 11.1 Å². The molecular formula is C18H16F3N3O3S. The summed E-state index contributed by atoms with van der Waals surface area (Å²) in [4.78, 5) is -0.0748. The number of aliphatic hydroxyl groups is 1. The Labute approximate surface area is 159 Å². The molecule has 0 fully saturated rings. The van der Waals surface area contributed by atoms with Crippen LogP contribution in [0.4, 0.5) is 13.2 Å². The van der Waals surface area contributed by atoms with E-state index < -0.39 is 21.9 Å². The second-order valence-corrected chi connectivity index (χ2v) is 7.57. The Morgan fingerprint density at radius 3 is 2.25 bits per heavy atom. The van der Waals surface area contributed by atoms with Crippen LogP contribution < -0.4 is 4.72 Å². The average molecular weight is 411 g/mol. The minimum atomic E-state index is -4.62. The Morgan fingerprint density at radius 2 is 1.68 bits per heavy atom. The average Bonchev–Trinajstić information content (AvgIpc) is 3.13. The zero-order valence-corrected chi connectivity index (χ0v) is 15.2. The molecule has 3 rings (SSSR count). The van der Waals surface area contributed by atoms with Crippen molar-refractivity contribution in [3.63, 3.8) is 0 Å². The maximum absolute atomic E-state index is 13.2. The molecule has 0 aliphatic carbocycles. The molecule has 0 unspecified atom stereocenters. The molecule has 6 nitrogen and oxygen atoms in total. The summed E-state index contributed by atoms with van der Waals surface area (Å²) in [5, 5.41) is 12.4. The minimum Gasteiger partial charge on any atom is -0.395 e. The first kappa shape index (κ1) is 20.1. The zero-order chi connectivity index (χ0) is 20.4. The molecule has 0 aliphatic heterocycles. The van der Waals surface area contributed by atoms with Gasteiger partial charge in [0.25, 0.3) is 0 Å². The summed E-state index contributed by atoms with van der Waals surface area (Å²) < 4.78 is 67.0. The number of hydrogen-bond acceptors (Lipinski definition) is 4. The number of alkyl halides is 3. The van der Waals surface area contributed by atoms with E-state index >= 15 is 0 Å². The largest absolute Gasteiger partial charge is 0.435 e. The molecular weight excluding hydrogens is 395 g/mol. The van der Waals surface area contributed by atoms with Gasteiger partial charge in [0.1, 0.15) is 0 Å². The van der Waals surface area contributed by atoms with E-state index in [-0.39, 0.29) is 29.4 Å². The molecule has 0 atom stereocenters. The third-order valence-electron chi connectivity index (χ3n) is 3.86. The van der Waals surface area contributed by atoms with Gasteiger partial charge in [-0.25, -0.2) is 17.8 Å². The monoisotopic (exact) mass is 411 g/mol. The highest BCUT2D eigenvalue weighted by atomic mass is 32.2. The molecule has 2 N–H and O–H groups in total. The standard InChI is InChI=1S/C18H16F3N3O3S/c19-18(20,21)17-12-16(13-4-2-1-3-5-13)24(23-17)14-6-8-15(9-7-14)28(26,27)22-10-11-25/h1-9,12,22,25H,10-11H2. The molecule has 0 spiro atoms.